The molecular formula is C33H36N2O5. The number of benzene rings is 3. The number of aliphatic hydroxyl groups is 2. The van der Waals surface area contributed by atoms with Gasteiger partial charge in [-0.05, 0) is 42.9 Å². The molecule has 0 amide bonds. The van der Waals surface area contributed by atoms with E-state index in [-0.39, 0.29) is 23.9 Å². The third-order valence-corrected chi connectivity index (χ3v) is 6.78. The summed E-state index contributed by atoms with van der Waals surface area (Å²) in [5.74, 6) is -1.17. The fourth-order valence-corrected chi connectivity index (χ4v) is 5.10. The van der Waals surface area contributed by atoms with Crippen molar-refractivity contribution in [3.63, 3.8) is 0 Å². The van der Waals surface area contributed by atoms with Crippen molar-refractivity contribution in [2.75, 3.05) is 12.3 Å². The lowest BCUT2D eigenvalue weighted by molar-refractivity contribution is -0.127. The fourth-order valence-electron chi connectivity index (χ4n) is 5.10. The van der Waals surface area contributed by atoms with E-state index < -0.39 is 11.4 Å². The predicted octanol–water partition coefficient (Wildman–Crippen LogP) is 5.92. The molecular weight excluding hydrogens is 504 g/mol. The monoisotopic (exact) mass is 540 g/mol. The standard InChI is InChI=1S/C30H28N2O3.C3H8O2/c1-21-17-25(35-29(21)26-20-33-27(18-31)28(26)32)19-34-30(22-11-5-2-6-12-22,23-13-7-3-8-14-23)24-15-9-4-10-16-24;1-3(2,4)5/h2-16,20-21,25,29H,17,19,32H2,1H3;4-5H,1-2H3/t21?,25-,29+;/m0./s1. The van der Waals surface area contributed by atoms with Crippen molar-refractivity contribution in [2.45, 2.75) is 50.8 Å². The first-order chi connectivity index (χ1) is 19.1. The zero-order valence-corrected chi connectivity index (χ0v) is 23.0. The molecule has 2 heterocycles. The molecule has 0 saturated carbocycles. The summed E-state index contributed by atoms with van der Waals surface area (Å²) in [5, 5.41) is 25.4. The molecule has 0 spiro atoms. The number of nitrogens with two attached hydrogens (primary N) is 1. The molecule has 1 fully saturated rings. The van der Waals surface area contributed by atoms with E-state index in [1.165, 1.54) is 13.8 Å². The van der Waals surface area contributed by atoms with Crippen LogP contribution in [0.1, 0.15) is 61.3 Å². The van der Waals surface area contributed by atoms with Gasteiger partial charge in [0.25, 0.3) is 0 Å². The van der Waals surface area contributed by atoms with Crippen LogP contribution in [-0.2, 0) is 15.1 Å². The number of hydrogen-bond acceptors (Lipinski definition) is 7. The highest BCUT2D eigenvalue weighted by molar-refractivity contribution is 5.55. The highest BCUT2D eigenvalue weighted by Gasteiger charge is 2.41. The third-order valence-electron chi connectivity index (χ3n) is 6.78. The van der Waals surface area contributed by atoms with Crippen molar-refractivity contribution >= 4 is 5.69 Å². The Morgan fingerprint density at radius 2 is 1.35 bits per heavy atom. The van der Waals surface area contributed by atoms with E-state index in [9.17, 15) is 5.26 Å². The van der Waals surface area contributed by atoms with Gasteiger partial charge in [-0.1, -0.05) is 97.9 Å². The number of furan rings is 1. The lowest BCUT2D eigenvalue weighted by atomic mass is 9.80. The smallest absolute Gasteiger partial charge is 0.226 e. The quantitative estimate of drug-likeness (QED) is 0.197. The van der Waals surface area contributed by atoms with Gasteiger partial charge < -0.3 is 29.8 Å². The normalized spacial score (nSPS) is 18.9. The van der Waals surface area contributed by atoms with Crippen LogP contribution in [0.2, 0.25) is 0 Å². The Labute approximate surface area is 235 Å². The van der Waals surface area contributed by atoms with Crippen LogP contribution in [0, 0.1) is 17.2 Å². The number of rotatable bonds is 7. The van der Waals surface area contributed by atoms with Crippen molar-refractivity contribution in [3.05, 3.63) is 125 Å². The summed E-state index contributed by atoms with van der Waals surface area (Å²) in [6, 6.07) is 32.9. The van der Waals surface area contributed by atoms with Crippen molar-refractivity contribution in [1.29, 1.82) is 5.26 Å². The van der Waals surface area contributed by atoms with Crippen LogP contribution in [0.25, 0.3) is 0 Å². The van der Waals surface area contributed by atoms with Crippen molar-refractivity contribution in [2.24, 2.45) is 5.92 Å². The molecule has 208 valence electrons. The van der Waals surface area contributed by atoms with E-state index in [4.69, 9.17) is 29.8 Å². The van der Waals surface area contributed by atoms with Gasteiger partial charge >= 0.3 is 0 Å². The fraction of sp³-hybridized carbons (Fsp3) is 0.303. The van der Waals surface area contributed by atoms with Crippen LogP contribution < -0.4 is 5.73 Å². The minimum Gasteiger partial charge on any atom is -0.451 e. The molecule has 1 aliphatic heterocycles. The summed E-state index contributed by atoms with van der Waals surface area (Å²) in [6.45, 7) is 5.12. The van der Waals surface area contributed by atoms with Gasteiger partial charge in [0.05, 0.1) is 24.5 Å². The second-order valence-corrected chi connectivity index (χ2v) is 10.5. The average molecular weight is 541 g/mol. The van der Waals surface area contributed by atoms with Crippen molar-refractivity contribution in [3.8, 4) is 6.07 Å². The van der Waals surface area contributed by atoms with Gasteiger partial charge in [-0.2, -0.15) is 5.26 Å². The van der Waals surface area contributed by atoms with Gasteiger partial charge in [0.15, 0.2) is 5.79 Å². The molecule has 1 aromatic heterocycles. The van der Waals surface area contributed by atoms with Crippen LogP contribution in [0.15, 0.2) is 102 Å². The van der Waals surface area contributed by atoms with Crippen LogP contribution in [0.3, 0.4) is 0 Å². The van der Waals surface area contributed by atoms with Gasteiger partial charge in [0, 0.05) is 5.56 Å². The van der Waals surface area contributed by atoms with Crippen molar-refractivity contribution < 1.29 is 24.1 Å². The third kappa shape index (κ3) is 6.61. The minimum atomic E-state index is -1.50. The van der Waals surface area contributed by atoms with E-state index >= 15 is 0 Å². The number of hydrogen-bond donors (Lipinski definition) is 3. The molecule has 0 bridgehead atoms. The zero-order valence-electron chi connectivity index (χ0n) is 23.0. The molecule has 1 saturated heterocycles. The van der Waals surface area contributed by atoms with E-state index in [1.807, 2.05) is 60.7 Å². The Morgan fingerprint density at radius 3 is 1.75 bits per heavy atom. The molecule has 1 unspecified atom stereocenters. The van der Waals surface area contributed by atoms with Crippen LogP contribution in [-0.4, -0.2) is 28.7 Å². The largest absolute Gasteiger partial charge is 0.451 e. The summed E-state index contributed by atoms with van der Waals surface area (Å²) in [5.41, 5.74) is 9.60. The Bertz CT molecular complexity index is 1290. The Morgan fingerprint density at radius 1 is 0.900 bits per heavy atom. The molecule has 40 heavy (non-hydrogen) atoms. The maximum Gasteiger partial charge on any atom is 0.226 e. The number of anilines is 1. The lowest BCUT2D eigenvalue weighted by Gasteiger charge is -2.36. The summed E-state index contributed by atoms with van der Waals surface area (Å²) in [6.07, 6.45) is 1.98. The average Bonchev–Trinajstić information content (AvgIpc) is 3.50. The summed E-state index contributed by atoms with van der Waals surface area (Å²) < 4.78 is 18.7. The van der Waals surface area contributed by atoms with Crippen LogP contribution in [0.5, 0.6) is 0 Å². The maximum atomic E-state index is 9.21. The topological polar surface area (TPSA) is 122 Å². The summed E-state index contributed by atoms with van der Waals surface area (Å²) >= 11 is 0. The SMILES string of the molecule is CC(C)(O)O.CC1C[C@@H](COC(c2ccccc2)(c2ccccc2)c2ccccc2)O[C@H]1c1coc(C#N)c1N. The molecule has 0 aliphatic carbocycles. The highest BCUT2D eigenvalue weighted by atomic mass is 16.6. The first-order valence-corrected chi connectivity index (χ1v) is 13.3. The molecule has 3 aromatic carbocycles. The number of ether oxygens (including phenoxy) is 2. The van der Waals surface area contributed by atoms with Crippen LogP contribution >= 0.6 is 0 Å². The summed E-state index contributed by atoms with van der Waals surface area (Å²) in [7, 11) is 0. The van der Waals surface area contributed by atoms with Gasteiger partial charge in [-0.15, -0.1) is 0 Å². The molecule has 7 nitrogen and oxygen atoms in total. The maximum absolute atomic E-state index is 9.21. The molecule has 0 radical (unpaired) electrons. The molecule has 7 heteroatoms. The number of nitrogens with zero attached hydrogens (tertiary/aromatic N) is 1. The van der Waals surface area contributed by atoms with Gasteiger partial charge in [-0.25, -0.2) is 0 Å². The van der Waals surface area contributed by atoms with E-state index in [0.29, 0.717) is 12.3 Å². The molecule has 5 rings (SSSR count). The van der Waals surface area contributed by atoms with Gasteiger partial charge in [0.1, 0.15) is 17.9 Å². The van der Waals surface area contributed by atoms with E-state index in [2.05, 4.69) is 43.3 Å². The minimum absolute atomic E-state index is 0.131. The predicted molar refractivity (Wildman–Crippen MR) is 153 cm³/mol. The van der Waals surface area contributed by atoms with E-state index in [1.54, 1.807) is 6.26 Å². The second-order valence-electron chi connectivity index (χ2n) is 10.5. The van der Waals surface area contributed by atoms with Gasteiger partial charge in [-0.3, -0.25) is 0 Å². The van der Waals surface area contributed by atoms with E-state index in [0.717, 1.165) is 28.7 Å². The Kier molecular flexibility index (Phi) is 9.08. The van der Waals surface area contributed by atoms with Gasteiger partial charge in [0.2, 0.25) is 5.76 Å². The highest BCUT2D eigenvalue weighted by Crippen LogP contribution is 2.44. The molecule has 3 atom stereocenters. The lowest BCUT2D eigenvalue weighted by Crippen LogP contribution is -2.35. The summed E-state index contributed by atoms with van der Waals surface area (Å²) in [4.78, 5) is 0. The molecule has 4 aromatic rings. The molecule has 1 aliphatic rings. The Hall–Kier alpha value is -3.93. The number of nitriles is 1. The first kappa shape index (κ1) is 29.1. The Balaban J connectivity index is 0.000000681. The molecule has 4 N–H and O–H groups in total. The second kappa shape index (κ2) is 12.5. The van der Waals surface area contributed by atoms with Crippen LogP contribution in [0.4, 0.5) is 5.69 Å². The number of nitrogen functional groups attached to an aromatic ring is 1. The zero-order chi connectivity index (χ0) is 28.8. The van der Waals surface area contributed by atoms with Crippen molar-refractivity contribution in [1.82, 2.24) is 0 Å². The first-order valence-electron chi connectivity index (χ1n) is 13.3.